The molecule has 0 spiro atoms. The number of nitrogens with zero attached hydrogens (tertiary/aromatic N) is 1. The summed E-state index contributed by atoms with van der Waals surface area (Å²) < 4.78 is 5.48. The summed E-state index contributed by atoms with van der Waals surface area (Å²) in [6.45, 7) is 8.67. The Morgan fingerprint density at radius 3 is 2.75 bits per heavy atom. The first-order valence-corrected chi connectivity index (χ1v) is 5.90. The molecule has 16 heavy (non-hydrogen) atoms. The first-order valence-electron chi connectivity index (χ1n) is 5.90. The maximum atomic E-state index is 5.48. The van der Waals surface area contributed by atoms with Crippen LogP contribution < -0.4 is 0 Å². The highest BCUT2D eigenvalue weighted by molar-refractivity contribution is 5.73. The molecular formula is C14H19NO. The third kappa shape index (κ3) is 1.97. The third-order valence-corrected chi connectivity index (χ3v) is 3.15. The van der Waals surface area contributed by atoms with E-state index in [0.717, 1.165) is 17.0 Å². The molecule has 2 aromatic rings. The lowest BCUT2D eigenvalue weighted by atomic mass is 9.81. The molecule has 2 rings (SSSR count). The van der Waals surface area contributed by atoms with Crippen molar-refractivity contribution in [3.05, 3.63) is 29.7 Å². The zero-order valence-corrected chi connectivity index (χ0v) is 10.5. The summed E-state index contributed by atoms with van der Waals surface area (Å²) in [4.78, 5) is 4.38. The summed E-state index contributed by atoms with van der Waals surface area (Å²) in [6.07, 6.45) is 2.39. The number of benzene rings is 1. The smallest absolute Gasteiger partial charge is 0.192 e. The molecule has 1 heterocycles. The van der Waals surface area contributed by atoms with E-state index in [9.17, 15) is 0 Å². The third-order valence-electron chi connectivity index (χ3n) is 3.15. The van der Waals surface area contributed by atoms with Crippen LogP contribution in [0.15, 0.2) is 22.6 Å². The van der Waals surface area contributed by atoms with E-state index in [2.05, 4.69) is 37.9 Å². The van der Waals surface area contributed by atoms with E-state index in [-0.39, 0.29) is 5.41 Å². The number of hydrogen-bond acceptors (Lipinski definition) is 2. The second-order valence-electron chi connectivity index (χ2n) is 5.05. The van der Waals surface area contributed by atoms with Gasteiger partial charge in [0, 0.05) is 6.92 Å². The molecular weight excluding hydrogens is 198 g/mol. The van der Waals surface area contributed by atoms with Gasteiger partial charge in [0.25, 0.3) is 0 Å². The highest BCUT2D eigenvalue weighted by Gasteiger charge is 2.20. The van der Waals surface area contributed by atoms with Gasteiger partial charge in [0.05, 0.1) is 0 Å². The highest BCUT2D eigenvalue weighted by atomic mass is 16.3. The van der Waals surface area contributed by atoms with Crippen LogP contribution in [0.3, 0.4) is 0 Å². The van der Waals surface area contributed by atoms with Crippen molar-refractivity contribution >= 4 is 11.1 Å². The van der Waals surface area contributed by atoms with Crippen molar-refractivity contribution in [3.8, 4) is 0 Å². The van der Waals surface area contributed by atoms with Crippen molar-refractivity contribution in [2.45, 2.75) is 46.0 Å². The summed E-state index contributed by atoms with van der Waals surface area (Å²) >= 11 is 0. The Balaban J connectivity index is 2.45. The van der Waals surface area contributed by atoms with Crippen LogP contribution in [-0.2, 0) is 5.41 Å². The standard InChI is InChI=1S/C14H19NO/c1-5-8-14(3,4)11-6-7-13-12(9-11)15-10(2)16-13/h6-7,9H,5,8H2,1-4H3. The van der Waals surface area contributed by atoms with Gasteiger partial charge in [-0.2, -0.15) is 0 Å². The number of rotatable bonds is 3. The zero-order chi connectivity index (χ0) is 11.8. The SMILES string of the molecule is CCCC(C)(C)c1ccc2oc(C)nc2c1. The van der Waals surface area contributed by atoms with Gasteiger partial charge in [0.1, 0.15) is 5.52 Å². The van der Waals surface area contributed by atoms with Gasteiger partial charge in [-0.05, 0) is 29.5 Å². The Morgan fingerprint density at radius 1 is 1.31 bits per heavy atom. The quantitative estimate of drug-likeness (QED) is 0.769. The monoisotopic (exact) mass is 217 g/mol. The normalized spacial score (nSPS) is 12.2. The molecule has 0 aliphatic rings. The van der Waals surface area contributed by atoms with Gasteiger partial charge in [0.15, 0.2) is 11.5 Å². The Hall–Kier alpha value is -1.31. The van der Waals surface area contributed by atoms with E-state index in [4.69, 9.17) is 4.42 Å². The van der Waals surface area contributed by atoms with E-state index >= 15 is 0 Å². The van der Waals surface area contributed by atoms with Crippen molar-refractivity contribution in [2.75, 3.05) is 0 Å². The van der Waals surface area contributed by atoms with Crippen molar-refractivity contribution in [3.63, 3.8) is 0 Å². The van der Waals surface area contributed by atoms with Gasteiger partial charge in [-0.3, -0.25) is 0 Å². The number of aromatic nitrogens is 1. The van der Waals surface area contributed by atoms with Gasteiger partial charge in [-0.1, -0.05) is 33.3 Å². The maximum absolute atomic E-state index is 5.48. The number of hydrogen-bond donors (Lipinski definition) is 0. The predicted octanol–water partition coefficient (Wildman–Crippen LogP) is 4.21. The molecule has 2 nitrogen and oxygen atoms in total. The minimum absolute atomic E-state index is 0.218. The van der Waals surface area contributed by atoms with Crippen LogP contribution in [0.4, 0.5) is 0 Å². The molecule has 0 aliphatic carbocycles. The molecule has 0 atom stereocenters. The minimum Gasteiger partial charge on any atom is -0.441 e. The molecule has 0 radical (unpaired) electrons. The molecule has 0 bridgehead atoms. The largest absolute Gasteiger partial charge is 0.441 e. The Kier molecular flexibility index (Phi) is 2.75. The minimum atomic E-state index is 0.218. The van der Waals surface area contributed by atoms with Crippen LogP contribution in [0.1, 0.15) is 45.1 Å². The topological polar surface area (TPSA) is 26.0 Å². The van der Waals surface area contributed by atoms with Crippen LogP contribution in [0.25, 0.3) is 11.1 Å². The van der Waals surface area contributed by atoms with Gasteiger partial charge in [-0.15, -0.1) is 0 Å². The summed E-state index contributed by atoms with van der Waals surface area (Å²) in [5.41, 5.74) is 3.42. The lowest BCUT2D eigenvalue weighted by Crippen LogP contribution is -2.16. The van der Waals surface area contributed by atoms with Crippen molar-refractivity contribution < 1.29 is 4.42 Å². The lowest BCUT2D eigenvalue weighted by Gasteiger charge is -2.24. The Bertz CT molecular complexity index is 496. The fraction of sp³-hybridized carbons (Fsp3) is 0.500. The second kappa shape index (κ2) is 3.93. The van der Waals surface area contributed by atoms with E-state index in [1.54, 1.807) is 0 Å². The highest BCUT2D eigenvalue weighted by Crippen LogP contribution is 2.30. The second-order valence-corrected chi connectivity index (χ2v) is 5.05. The van der Waals surface area contributed by atoms with E-state index in [0.29, 0.717) is 0 Å². The average molecular weight is 217 g/mol. The van der Waals surface area contributed by atoms with Crippen LogP contribution in [0.5, 0.6) is 0 Å². The molecule has 2 heteroatoms. The first kappa shape index (κ1) is 11.2. The maximum Gasteiger partial charge on any atom is 0.192 e. The summed E-state index contributed by atoms with van der Waals surface area (Å²) in [5, 5.41) is 0. The summed E-state index contributed by atoms with van der Waals surface area (Å²) in [7, 11) is 0. The molecule has 0 aliphatic heterocycles. The van der Waals surface area contributed by atoms with Crippen molar-refractivity contribution in [2.24, 2.45) is 0 Å². The molecule has 0 amide bonds. The van der Waals surface area contributed by atoms with E-state index in [1.165, 1.54) is 18.4 Å². The van der Waals surface area contributed by atoms with Crippen LogP contribution in [0, 0.1) is 6.92 Å². The first-order chi connectivity index (χ1) is 7.53. The average Bonchev–Trinajstić information content (AvgIpc) is 2.56. The van der Waals surface area contributed by atoms with Crippen LogP contribution in [-0.4, -0.2) is 4.98 Å². The van der Waals surface area contributed by atoms with Gasteiger partial charge >= 0.3 is 0 Å². The predicted molar refractivity (Wildman–Crippen MR) is 66.7 cm³/mol. The molecule has 0 unspecified atom stereocenters. The van der Waals surface area contributed by atoms with E-state index < -0.39 is 0 Å². The fourth-order valence-electron chi connectivity index (χ4n) is 2.23. The molecule has 0 saturated carbocycles. The van der Waals surface area contributed by atoms with Gasteiger partial charge < -0.3 is 4.42 Å². The summed E-state index contributed by atoms with van der Waals surface area (Å²) in [6, 6.07) is 6.34. The van der Waals surface area contributed by atoms with Gasteiger partial charge in [-0.25, -0.2) is 4.98 Å². The molecule has 1 aromatic carbocycles. The number of aryl methyl sites for hydroxylation is 1. The summed E-state index contributed by atoms with van der Waals surface area (Å²) in [5.74, 6) is 0.737. The molecule has 0 saturated heterocycles. The molecule has 1 aromatic heterocycles. The Labute approximate surface area is 96.7 Å². The number of fused-ring (bicyclic) bond motifs is 1. The lowest BCUT2D eigenvalue weighted by molar-refractivity contribution is 0.473. The van der Waals surface area contributed by atoms with Gasteiger partial charge in [0.2, 0.25) is 0 Å². The van der Waals surface area contributed by atoms with Crippen molar-refractivity contribution in [1.82, 2.24) is 4.98 Å². The molecule has 0 fully saturated rings. The zero-order valence-electron chi connectivity index (χ0n) is 10.5. The molecule has 0 N–H and O–H groups in total. The number of oxazole rings is 1. The van der Waals surface area contributed by atoms with Crippen LogP contribution >= 0.6 is 0 Å². The fourth-order valence-corrected chi connectivity index (χ4v) is 2.23. The Morgan fingerprint density at radius 2 is 2.06 bits per heavy atom. The van der Waals surface area contributed by atoms with E-state index in [1.807, 2.05) is 13.0 Å². The van der Waals surface area contributed by atoms with Crippen LogP contribution in [0.2, 0.25) is 0 Å². The molecule has 86 valence electrons. The van der Waals surface area contributed by atoms with Crippen molar-refractivity contribution in [1.29, 1.82) is 0 Å².